The summed E-state index contributed by atoms with van der Waals surface area (Å²) in [7, 11) is 0. The minimum Gasteiger partial charge on any atom is -0.478 e. The van der Waals surface area contributed by atoms with E-state index >= 15 is 0 Å². The quantitative estimate of drug-likeness (QED) is 0.872. The molecule has 1 N–H and O–H groups in total. The zero-order chi connectivity index (χ0) is 12.3. The van der Waals surface area contributed by atoms with E-state index in [0.29, 0.717) is 5.56 Å². The number of alkyl halides is 1. The van der Waals surface area contributed by atoms with E-state index in [-0.39, 0.29) is 4.83 Å². The number of halogens is 1. The van der Waals surface area contributed by atoms with Gasteiger partial charge in [-0.15, -0.1) is 0 Å². The fourth-order valence-electron chi connectivity index (χ4n) is 1.61. The summed E-state index contributed by atoms with van der Waals surface area (Å²) in [5, 5.41) is 8.82. The molecule has 17 heavy (non-hydrogen) atoms. The lowest BCUT2D eigenvalue weighted by Gasteiger charge is -2.10. The molecule has 2 aromatic rings. The minimum absolute atomic E-state index is 0.0894. The Hall–Kier alpha value is -1.61. The number of carboxylic acid groups (broad SMARTS) is 1. The first-order valence-corrected chi connectivity index (χ1v) is 6.12. The van der Waals surface area contributed by atoms with Crippen LogP contribution in [0.1, 0.15) is 26.3 Å². The largest absolute Gasteiger partial charge is 0.478 e. The van der Waals surface area contributed by atoms with E-state index in [4.69, 9.17) is 5.11 Å². The van der Waals surface area contributed by atoms with Crippen LogP contribution in [0, 0.1) is 0 Å². The molecule has 1 unspecified atom stereocenters. The molecule has 2 nitrogen and oxygen atoms in total. The fourth-order valence-corrected chi connectivity index (χ4v) is 2.22. The van der Waals surface area contributed by atoms with Gasteiger partial charge in [-0.2, -0.15) is 0 Å². The van der Waals surface area contributed by atoms with Gasteiger partial charge < -0.3 is 5.11 Å². The highest BCUT2D eigenvalue weighted by Crippen LogP contribution is 2.30. The van der Waals surface area contributed by atoms with Crippen molar-refractivity contribution in [3.8, 4) is 0 Å². The van der Waals surface area contributed by atoms with E-state index in [2.05, 4.69) is 15.9 Å². The van der Waals surface area contributed by atoms with Gasteiger partial charge in [-0.3, -0.25) is 0 Å². The highest BCUT2D eigenvalue weighted by Gasteiger charge is 2.10. The molecule has 0 spiro atoms. The van der Waals surface area contributed by atoms with Gasteiger partial charge in [-0.25, -0.2) is 4.79 Å². The Morgan fingerprint density at radius 1 is 0.941 bits per heavy atom. The van der Waals surface area contributed by atoms with Gasteiger partial charge in [0.15, 0.2) is 0 Å². The summed E-state index contributed by atoms with van der Waals surface area (Å²) in [4.78, 5) is 10.8. The highest BCUT2D eigenvalue weighted by molar-refractivity contribution is 9.09. The molecule has 0 aromatic heterocycles. The summed E-state index contributed by atoms with van der Waals surface area (Å²) in [6, 6.07) is 16.9. The van der Waals surface area contributed by atoms with Crippen molar-refractivity contribution in [2.24, 2.45) is 0 Å². The van der Waals surface area contributed by atoms with Crippen LogP contribution in [0.25, 0.3) is 0 Å². The molecule has 0 radical (unpaired) electrons. The molecule has 1 atom stereocenters. The molecular formula is C14H11BrO2. The van der Waals surface area contributed by atoms with Crippen LogP contribution in [0.3, 0.4) is 0 Å². The predicted molar refractivity (Wildman–Crippen MR) is 70.6 cm³/mol. The van der Waals surface area contributed by atoms with Crippen LogP contribution in [-0.4, -0.2) is 11.1 Å². The molecule has 3 heteroatoms. The molecule has 0 aliphatic heterocycles. The lowest BCUT2D eigenvalue weighted by molar-refractivity contribution is 0.0697. The van der Waals surface area contributed by atoms with Gasteiger partial charge in [0.05, 0.1) is 10.4 Å². The van der Waals surface area contributed by atoms with E-state index in [1.54, 1.807) is 12.1 Å². The van der Waals surface area contributed by atoms with Gasteiger partial charge >= 0.3 is 5.97 Å². The monoisotopic (exact) mass is 290 g/mol. The Labute approximate surface area is 108 Å². The van der Waals surface area contributed by atoms with Crippen LogP contribution in [0.15, 0.2) is 54.6 Å². The molecule has 0 saturated carbocycles. The van der Waals surface area contributed by atoms with E-state index < -0.39 is 5.97 Å². The maximum absolute atomic E-state index is 10.7. The van der Waals surface area contributed by atoms with E-state index in [9.17, 15) is 4.79 Å². The number of hydrogen-bond acceptors (Lipinski definition) is 1. The van der Waals surface area contributed by atoms with Gasteiger partial charge in [0, 0.05) is 0 Å². The first-order valence-electron chi connectivity index (χ1n) is 5.21. The Balaban J connectivity index is 2.26. The number of carboxylic acids is 1. The molecule has 0 heterocycles. The second kappa shape index (κ2) is 5.15. The summed E-state index contributed by atoms with van der Waals surface area (Å²) < 4.78 is 0. The number of rotatable bonds is 3. The maximum Gasteiger partial charge on any atom is 0.335 e. The van der Waals surface area contributed by atoms with Crippen molar-refractivity contribution >= 4 is 21.9 Å². The third-order valence-electron chi connectivity index (χ3n) is 2.54. The first-order chi connectivity index (χ1) is 8.18. The minimum atomic E-state index is -0.901. The molecule has 0 amide bonds. The van der Waals surface area contributed by atoms with E-state index in [1.165, 1.54) is 0 Å². The molecule has 0 aliphatic rings. The average molecular weight is 291 g/mol. The first kappa shape index (κ1) is 11.9. The van der Waals surface area contributed by atoms with Crippen LogP contribution in [0.5, 0.6) is 0 Å². The average Bonchev–Trinajstić information content (AvgIpc) is 2.39. The lowest BCUT2D eigenvalue weighted by atomic mass is 10.0. The van der Waals surface area contributed by atoms with Crippen molar-refractivity contribution in [3.63, 3.8) is 0 Å². The normalized spacial score (nSPS) is 12.1. The third kappa shape index (κ3) is 2.74. The summed E-state index contributed by atoms with van der Waals surface area (Å²) in [6.07, 6.45) is 0. The topological polar surface area (TPSA) is 37.3 Å². The van der Waals surface area contributed by atoms with E-state index in [0.717, 1.165) is 11.1 Å². The maximum atomic E-state index is 10.7. The van der Waals surface area contributed by atoms with Crippen molar-refractivity contribution < 1.29 is 9.90 Å². The molecule has 0 saturated heterocycles. The Bertz CT molecular complexity index is 506. The predicted octanol–water partition coefficient (Wildman–Crippen LogP) is 3.87. The number of hydrogen-bond donors (Lipinski definition) is 1. The second-order valence-corrected chi connectivity index (χ2v) is 4.62. The Morgan fingerprint density at radius 2 is 1.47 bits per heavy atom. The SMILES string of the molecule is O=C(O)c1ccc(C(Br)c2ccccc2)cc1. The van der Waals surface area contributed by atoms with Crippen molar-refractivity contribution in [1.29, 1.82) is 0 Å². The standard InChI is InChI=1S/C14H11BrO2/c15-13(10-4-2-1-3-5-10)11-6-8-12(9-7-11)14(16)17/h1-9,13H,(H,16,17). The summed E-state index contributed by atoms with van der Waals surface area (Å²) >= 11 is 3.61. The van der Waals surface area contributed by atoms with Gasteiger partial charge in [0.25, 0.3) is 0 Å². The highest BCUT2D eigenvalue weighted by atomic mass is 79.9. The van der Waals surface area contributed by atoms with Crippen molar-refractivity contribution in [2.45, 2.75) is 4.83 Å². The number of benzene rings is 2. The molecular weight excluding hydrogens is 280 g/mol. The number of aromatic carboxylic acids is 1. The van der Waals surface area contributed by atoms with E-state index in [1.807, 2.05) is 42.5 Å². The van der Waals surface area contributed by atoms with Crippen molar-refractivity contribution in [3.05, 3.63) is 71.3 Å². The molecule has 0 fully saturated rings. The van der Waals surface area contributed by atoms with Crippen LogP contribution in [0.4, 0.5) is 0 Å². The molecule has 2 rings (SSSR count). The molecule has 2 aromatic carbocycles. The van der Waals surface area contributed by atoms with Gasteiger partial charge in [-0.1, -0.05) is 58.4 Å². The summed E-state index contributed by atoms with van der Waals surface area (Å²) in [5.74, 6) is -0.901. The van der Waals surface area contributed by atoms with Crippen LogP contribution < -0.4 is 0 Å². The third-order valence-corrected chi connectivity index (χ3v) is 3.60. The van der Waals surface area contributed by atoms with Gasteiger partial charge in [-0.05, 0) is 23.3 Å². The molecule has 0 aliphatic carbocycles. The summed E-state index contributed by atoms with van der Waals surface area (Å²) in [6.45, 7) is 0. The number of carbonyl (C=O) groups is 1. The Kier molecular flexibility index (Phi) is 3.59. The fraction of sp³-hybridized carbons (Fsp3) is 0.0714. The second-order valence-electron chi connectivity index (χ2n) is 3.70. The van der Waals surface area contributed by atoms with Gasteiger partial charge in [0.1, 0.15) is 0 Å². The van der Waals surface area contributed by atoms with Gasteiger partial charge in [0.2, 0.25) is 0 Å². The van der Waals surface area contributed by atoms with Crippen LogP contribution in [-0.2, 0) is 0 Å². The van der Waals surface area contributed by atoms with Crippen LogP contribution >= 0.6 is 15.9 Å². The zero-order valence-electron chi connectivity index (χ0n) is 9.01. The lowest BCUT2D eigenvalue weighted by Crippen LogP contribution is -1.97. The smallest absolute Gasteiger partial charge is 0.335 e. The van der Waals surface area contributed by atoms with Crippen molar-refractivity contribution in [2.75, 3.05) is 0 Å². The van der Waals surface area contributed by atoms with Crippen molar-refractivity contribution in [1.82, 2.24) is 0 Å². The molecule has 0 bridgehead atoms. The summed E-state index contributed by atoms with van der Waals surface area (Å²) in [5.41, 5.74) is 2.50. The molecule has 86 valence electrons. The Morgan fingerprint density at radius 3 is 2.00 bits per heavy atom. The van der Waals surface area contributed by atoms with Crippen LogP contribution in [0.2, 0.25) is 0 Å². The zero-order valence-corrected chi connectivity index (χ0v) is 10.6.